The van der Waals surface area contributed by atoms with Crippen LogP contribution in [-0.4, -0.2) is 75.6 Å². The number of nitrogens with zero attached hydrogens (tertiary/aromatic N) is 1. The fraction of sp³-hybridized carbons (Fsp3) is 0.982. The molecule has 0 saturated heterocycles. The van der Waals surface area contributed by atoms with Gasteiger partial charge in [0, 0.05) is 13.0 Å². The van der Waals surface area contributed by atoms with Crippen molar-refractivity contribution < 1.29 is 37.3 Å². The molecule has 0 aromatic rings. The van der Waals surface area contributed by atoms with E-state index in [1.165, 1.54) is 244 Å². The number of carbonyl (C=O) groups excluding carboxylic acids is 1. The maximum Gasteiger partial charge on any atom is 0.472 e. The standard InChI is InChI=1S/C56H114NO7P/c1-6-8-10-12-14-16-18-20-22-24-25-26-27-28-29-30-31-32-33-34-35-37-39-41-43-45-47-49-56(58)64-55(54-63-65(59,60)62-52-50-57(3,4)5)53-61-51-48-46-44-42-40-38-36-23-21-19-17-15-13-11-9-7-2/h55H,6-54H2,1-5H3/p+1/t55-/m1/s1. The molecule has 0 saturated carbocycles. The molecule has 9 heteroatoms. The third kappa shape index (κ3) is 54.3. The van der Waals surface area contributed by atoms with Crippen molar-refractivity contribution in [3.8, 4) is 0 Å². The molecule has 0 aliphatic heterocycles. The second-order valence-corrected chi connectivity index (χ2v) is 22.5. The summed E-state index contributed by atoms with van der Waals surface area (Å²) < 4.78 is 35.2. The Bertz CT molecular complexity index is 1010. The number of hydrogen-bond donors (Lipinski definition) is 1. The molecule has 8 nitrogen and oxygen atoms in total. The number of ether oxygens (including phenoxy) is 2. The molecule has 0 fully saturated rings. The Morgan fingerprint density at radius 1 is 0.415 bits per heavy atom. The number of likely N-dealkylation sites (N-methyl/N-ethyl adjacent to an activating group) is 1. The van der Waals surface area contributed by atoms with Crippen molar-refractivity contribution >= 4 is 13.8 Å². The lowest BCUT2D eigenvalue weighted by Gasteiger charge is -2.24. The van der Waals surface area contributed by atoms with Crippen molar-refractivity contribution in [1.82, 2.24) is 0 Å². The van der Waals surface area contributed by atoms with Crippen LogP contribution in [0.15, 0.2) is 0 Å². The first-order valence-corrected chi connectivity index (χ1v) is 30.3. The summed E-state index contributed by atoms with van der Waals surface area (Å²) in [6.07, 6.45) is 57.4. The van der Waals surface area contributed by atoms with Crippen molar-refractivity contribution in [3.05, 3.63) is 0 Å². The summed E-state index contributed by atoms with van der Waals surface area (Å²) in [4.78, 5) is 23.1. The Kier molecular flexibility index (Phi) is 49.5. The van der Waals surface area contributed by atoms with E-state index in [1.807, 2.05) is 21.1 Å². The van der Waals surface area contributed by atoms with Crippen LogP contribution in [0.3, 0.4) is 0 Å². The van der Waals surface area contributed by atoms with Gasteiger partial charge in [-0.05, 0) is 12.8 Å². The number of hydrogen-bond acceptors (Lipinski definition) is 6. The predicted molar refractivity (Wildman–Crippen MR) is 280 cm³/mol. The molecule has 0 heterocycles. The number of phosphoric acid groups is 1. The van der Waals surface area contributed by atoms with E-state index >= 15 is 0 Å². The minimum absolute atomic E-state index is 0.0944. The zero-order valence-corrected chi connectivity index (χ0v) is 45.4. The minimum Gasteiger partial charge on any atom is -0.457 e. The van der Waals surface area contributed by atoms with Crippen molar-refractivity contribution in [2.24, 2.45) is 0 Å². The highest BCUT2D eigenvalue weighted by Gasteiger charge is 2.26. The molecule has 0 aromatic heterocycles. The summed E-state index contributed by atoms with van der Waals surface area (Å²) in [5.41, 5.74) is 0. The first-order valence-electron chi connectivity index (χ1n) is 28.8. The van der Waals surface area contributed by atoms with Gasteiger partial charge in [-0.15, -0.1) is 0 Å². The van der Waals surface area contributed by atoms with Gasteiger partial charge in [-0.2, -0.15) is 0 Å². The molecule has 0 bridgehead atoms. The third-order valence-electron chi connectivity index (χ3n) is 13.2. The predicted octanol–water partition coefficient (Wildman–Crippen LogP) is 18.0. The lowest BCUT2D eigenvalue weighted by molar-refractivity contribution is -0.870. The summed E-state index contributed by atoms with van der Waals surface area (Å²) in [5.74, 6) is -0.303. The van der Waals surface area contributed by atoms with E-state index in [1.54, 1.807) is 0 Å². The third-order valence-corrected chi connectivity index (χ3v) is 14.2. The molecule has 0 spiro atoms. The van der Waals surface area contributed by atoms with Crippen LogP contribution in [0.2, 0.25) is 0 Å². The number of rotatable bonds is 55. The van der Waals surface area contributed by atoms with E-state index in [-0.39, 0.29) is 25.8 Å². The number of quaternary nitrogens is 1. The highest BCUT2D eigenvalue weighted by molar-refractivity contribution is 7.47. The normalized spacial score (nSPS) is 13.4. The van der Waals surface area contributed by atoms with E-state index in [4.69, 9.17) is 18.5 Å². The summed E-state index contributed by atoms with van der Waals surface area (Å²) in [6, 6.07) is 0. The van der Waals surface area contributed by atoms with Gasteiger partial charge in [0.05, 0.1) is 34.4 Å². The maximum absolute atomic E-state index is 12.8. The van der Waals surface area contributed by atoms with E-state index in [2.05, 4.69) is 13.8 Å². The van der Waals surface area contributed by atoms with Gasteiger partial charge in [0.2, 0.25) is 0 Å². The summed E-state index contributed by atoms with van der Waals surface area (Å²) in [6.45, 7) is 5.72. The number of carbonyl (C=O) groups is 1. The molecule has 0 aliphatic rings. The molecule has 1 unspecified atom stereocenters. The second kappa shape index (κ2) is 49.9. The van der Waals surface area contributed by atoms with Gasteiger partial charge in [-0.25, -0.2) is 4.57 Å². The minimum atomic E-state index is -4.27. The van der Waals surface area contributed by atoms with Gasteiger partial charge in [-0.1, -0.05) is 277 Å². The summed E-state index contributed by atoms with van der Waals surface area (Å²) in [5, 5.41) is 0. The van der Waals surface area contributed by atoms with Crippen LogP contribution >= 0.6 is 7.82 Å². The fourth-order valence-electron chi connectivity index (χ4n) is 8.73. The Hall–Kier alpha value is -0.500. The molecule has 0 rings (SSSR count). The molecule has 390 valence electrons. The van der Waals surface area contributed by atoms with Crippen molar-refractivity contribution in [2.45, 2.75) is 302 Å². The Labute approximate surface area is 406 Å². The molecule has 0 amide bonds. The lowest BCUT2D eigenvalue weighted by Crippen LogP contribution is -2.37. The van der Waals surface area contributed by atoms with Gasteiger partial charge in [0.25, 0.3) is 0 Å². The summed E-state index contributed by atoms with van der Waals surface area (Å²) in [7, 11) is 1.69. The molecule has 65 heavy (non-hydrogen) atoms. The van der Waals surface area contributed by atoms with Crippen molar-refractivity contribution in [3.63, 3.8) is 0 Å². The number of esters is 1. The Morgan fingerprint density at radius 3 is 1.02 bits per heavy atom. The monoisotopic (exact) mass is 945 g/mol. The Balaban J connectivity index is 3.96. The Morgan fingerprint density at radius 2 is 0.708 bits per heavy atom. The van der Waals surface area contributed by atoms with E-state index in [9.17, 15) is 14.3 Å². The van der Waals surface area contributed by atoms with Crippen molar-refractivity contribution in [2.75, 3.05) is 54.1 Å². The highest BCUT2D eigenvalue weighted by atomic mass is 31.2. The van der Waals surface area contributed by atoms with Crippen LogP contribution in [-0.2, 0) is 27.9 Å². The molecular formula is C56H115NO7P+. The van der Waals surface area contributed by atoms with Crippen LogP contribution in [0.1, 0.15) is 296 Å². The lowest BCUT2D eigenvalue weighted by atomic mass is 10.0. The maximum atomic E-state index is 12.8. The van der Waals surface area contributed by atoms with Gasteiger partial charge in [-0.3, -0.25) is 13.8 Å². The van der Waals surface area contributed by atoms with Crippen LogP contribution in [0.25, 0.3) is 0 Å². The average Bonchev–Trinajstić information content (AvgIpc) is 3.27. The SMILES string of the molecule is CCCCCCCCCCCCCCCCCCCCCCCCCCCCCC(=O)O[C@H](COCCCCCCCCCCCCCCCCCC)COP(=O)(O)OCC[N+](C)(C)C. The van der Waals surface area contributed by atoms with Crippen LogP contribution in [0.4, 0.5) is 0 Å². The van der Waals surface area contributed by atoms with Gasteiger partial charge in [0.1, 0.15) is 19.3 Å². The molecular weight excluding hydrogens is 830 g/mol. The molecule has 1 N–H and O–H groups in total. The van der Waals surface area contributed by atoms with Gasteiger partial charge >= 0.3 is 13.8 Å². The van der Waals surface area contributed by atoms with E-state index in [0.29, 0.717) is 24.1 Å². The number of phosphoric ester groups is 1. The molecule has 0 radical (unpaired) electrons. The quantitative estimate of drug-likeness (QED) is 0.0281. The van der Waals surface area contributed by atoms with Crippen molar-refractivity contribution in [1.29, 1.82) is 0 Å². The van der Waals surface area contributed by atoms with E-state index < -0.39 is 13.9 Å². The van der Waals surface area contributed by atoms with Crippen LogP contribution in [0.5, 0.6) is 0 Å². The average molecular weight is 946 g/mol. The zero-order chi connectivity index (χ0) is 47.6. The topological polar surface area (TPSA) is 91.3 Å². The molecule has 2 atom stereocenters. The van der Waals surface area contributed by atoms with Crippen LogP contribution < -0.4 is 0 Å². The van der Waals surface area contributed by atoms with Gasteiger partial charge in [0.15, 0.2) is 0 Å². The molecule has 0 aromatic carbocycles. The second-order valence-electron chi connectivity index (χ2n) is 21.0. The van der Waals surface area contributed by atoms with Crippen LogP contribution in [0, 0.1) is 0 Å². The number of unbranched alkanes of at least 4 members (excludes halogenated alkanes) is 41. The largest absolute Gasteiger partial charge is 0.472 e. The smallest absolute Gasteiger partial charge is 0.457 e. The first-order chi connectivity index (χ1) is 31.6. The fourth-order valence-corrected chi connectivity index (χ4v) is 9.48. The first kappa shape index (κ1) is 64.5. The highest BCUT2D eigenvalue weighted by Crippen LogP contribution is 2.43. The molecule has 0 aliphatic carbocycles. The summed E-state index contributed by atoms with van der Waals surface area (Å²) >= 11 is 0. The zero-order valence-electron chi connectivity index (χ0n) is 44.5. The van der Waals surface area contributed by atoms with Gasteiger partial charge < -0.3 is 18.9 Å². The van der Waals surface area contributed by atoms with E-state index in [0.717, 1.165) is 32.1 Å².